The molecule has 0 N–H and O–H groups in total. The van der Waals surface area contributed by atoms with Crippen molar-refractivity contribution >= 4 is 25.1 Å². The predicted molar refractivity (Wildman–Crippen MR) is 171 cm³/mol. The summed E-state index contributed by atoms with van der Waals surface area (Å²) in [7, 11) is 0. The van der Waals surface area contributed by atoms with Crippen LogP contribution in [0.4, 0.5) is 0 Å². The van der Waals surface area contributed by atoms with Crippen LogP contribution in [0.25, 0.3) is 0 Å². The summed E-state index contributed by atoms with van der Waals surface area (Å²) in [4.78, 5) is 11.4. The zero-order valence-corrected chi connectivity index (χ0v) is 27.8. The third kappa shape index (κ3) is 7.46. The van der Waals surface area contributed by atoms with E-state index < -0.39 is 18.8 Å². The minimum absolute atomic E-state index is 0.0559. The molecule has 4 rings (SSSR count). The summed E-state index contributed by atoms with van der Waals surface area (Å²) in [6.45, 7) is 14.3. The first-order valence-electron chi connectivity index (χ1n) is 14.4. The molecule has 0 aliphatic carbocycles. The molecule has 0 saturated carbocycles. The number of hydrogen-bond donors (Lipinski definition) is 0. The van der Waals surface area contributed by atoms with E-state index in [1.165, 1.54) is 16.7 Å². The Morgan fingerprint density at radius 2 is 0.850 bits per heavy atom. The Labute approximate surface area is 246 Å². The van der Waals surface area contributed by atoms with E-state index in [-0.39, 0.29) is 16.2 Å². The SMILES string of the molecule is CC(C)([CH2][Sn]([CH2]C(C)(C)c1ccccc1)([CH2]C(C)(C)c1ccccc1)[O]c1ccc(C=O)cc1)c1ccccc1. The molecule has 0 aliphatic rings. The molecular weight excluding hydrogens is 595 g/mol. The Bertz CT molecular complexity index is 1230. The van der Waals surface area contributed by atoms with E-state index in [0.717, 1.165) is 25.3 Å². The number of carbonyl (C=O) groups is 1. The van der Waals surface area contributed by atoms with Gasteiger partial charge in [-0.3, -0.25) is 0 Å². The molecule has 0 aromatic heterocycles. The normalized spacial score (nSPS) is 12.7. The molecule has 0 radical (unpaired) electrons. The van der Waals surface area contributed by atoms with Crippen LogP contribution in [0.2, 0.25) is 13.3 Å². The number of rotatable bonds is 12. The van der Waals surface area contributed by atoms with Gasteiger partial charge in [0.1, 0.15) is 0 Å². The predicted octanol–water partition coefficient (Wildman–Crippen LogP) is 9.76. The fourth-order valence-corrected chi connectivity index (χ4v) is 25.6. The molecule has 0 bridgehead atoms. The first-order valence-corrected chi connectivity index (χ1v) is 21.6. The van der Waals surface area contributed by atoms with Crippen molar-refractivity contribution in [3.63, 3.8) is 0 Å². The molecule has 0 spiro atoms. The van der Waals surface area contributed by atoms with Crippen LogP contribution >= 0.6 is 0 Å². The van der Waals surface area contributed by atoms with Gasteiger partial charge in [0.2, 0.25) is 0 Å². The van der Waals surface area contributed by atoms with Crippen LogP contribution in [-0.2, 0) is 16.2 Å². The molecule has 0 unspecified atom stereocenters. The van der Waals surface area contributed by atoms with E-state index in [0.29, 0.717) is 5.56 Å². The Hall–Kier alpha value is -2.85. The van der Waals surface area contributed by atoms with Gasteiger partial charge in [-0.2, -0.15) is 0 Å². The molecule has 4 aromatic rings. The molecule has 3 heteroatoms. The van der Waals surface area contributed by atoms with Crippen LogP contribution in [0.15, 0.2) is 115 Å². The first-order chi connectivity index (χ1) is 18.9. The van der Waals surface area contributed by atoms with Crippen molar-refractivity contribution in [2.75, 3.05) is 0 Å². The minimum atomic E-state index is -3.67. The molecule has 2 nitrogen and oxygen atoms in total. The van der Waals surface area contributed by atoms with E-state index in [4.69, 9.17) is 3.07 Å². The maximum absolute atomic E-state index is 11.4. The number of benzene rings is 4. The average molecular weight is 639 g/mol. The summed E-state index contributed by atoms with van der Waals surface area (Å²) in [5.74, 6) is 0.887. The van der Waals surface area contributed by atoms with Gasteiger partial charge in [-0.1, -0.05) is 0 Å². The molecule has 0 heterocycles. The second-order valence-electron chi connectivity index (χ2n) is 13.3. The van der Waals surface area contributed by atoms with Gasteiger partial charge in [0.05, 0.1) is 0 Å². The van der Waals surface area contributed by atoms with Crippen LogP contribution in [0, 0.1) is 0 Å². The van der Waals surface area contributed by atoms with Gasteiger partial charge >= 0.3 is 247 Å². The van der Waals surface area contributed by atoms with Crippen LogP contribution < -0.4 is 3.07 Å². The fraction of sp³-hybridized carbons (Fsp3) is 0.324. The van der Waals surface area contributed by atoms with Gasteiger partial charge in [0.15, 0.2) is 0 Å². The van der Waals surface area contributed by atoms with Gasteiger partial charge in [0.25, 0.3) is 0 Å². The molecule has 208 valence electrons. The quantitative estimate of drug-likeness (QED) is 0.114. The number of hydrogen-bond acceptors (Lipinski definition) is 2. The Morgan fingerprint density at radius 3 is 1.15 bits per heavy atom. The fourth-order valence-electron chi connectivity index (χ4n) is 6.55. The molecule has 0 atom stereocenters. The molecule has 40 heavy (non-hydrogen) atoms. The summed E-state index contributed by atoms with van der Waals surface area (Å²) >= 11 is -3.67. The van der Waals surface area contributed by atoms with E-state index in [9.17, 15) is 4.79 Å². The summed E-state index contributed by atoms with van der Waals surface area (Å²) in [5.41, 5.74) is 4.56. The van der Waals surface area contributed by atoms with Crippen LogP contribution in [0.3, 0.4) is 0 Å². The van der Waals surface area contributed by atoms with Gasteiger partial charge in [-0.15, -0.1) is 0 Å². The molecule has 0 aliphatic heterocycles. The standard InChI is InChI=1S/3C10H13.C7H6O2.Sn/c3*1-10(2,3)9-7-5-4-6-8-9;8-5-6-1-3-7(9)4-2-6;/h3*4-8H,1H2,2-3H3;1-5,9H;/q;;;;+1/p-1. The monoisotopic (exact) mass is 640 g/mol. The third-order valence-corrected chi connectivity index (χ3v) is 23.3. The Balaban J connectivity index is 1.87. The van der Waals surface area contributed by atoms with Crippen LogP contribution in [0.1, 0.15) is 68.6 Å². The third-order valence-electron chi connectivity index (χ3n) is 8.31. The van der Waals surface area contributed by atoms with Gasteiger partial charge in [0, 0.05) is 0 Å². The van der Waals surface area contributed by atoms with Crippen molar-refractivity contribution in [2.45, 2.75) is 71.1 Å². The van der Waals surface area contributed by atoms with Gasteiger partial charge < -0.3 is 0 Å². The summed E-state index contributed by atoms with van der Waals surface area (Å²) in [6.07, 6.45) is 0.899. The molecule has 0 saturated heterocycles. The van der Waals surface area contributed by atoms with E-state index in [1.807, 2.05) is 24.3 Å². The van der Waals surface area contributed by atoms with Gasteiger partial charge in [-0.05, 0) is 0 Å². The van der Waals surface area contributed by atoms with E-state index >= 15 is 0 Å². The van der Waals surface area contributed by atoms with E-state index in [2.05, 4.69) is 133 Å². The van der Waals surface area contributed by atoms with Crippen LogP contribution in [0.5, 0.6) is 5.75 Å². The zero-order valence-electron chi connectivity index (χ0n) is 25.0. The summed E-state index contributed by atoms with van der Waals surface area (Å²) in [6, 6.07) is 40.5. The van der Waals surface area contributed by atoms with E-state index in [1.54, 1.807) is 0 Å². The Kier molecular flexibility index (Phi) is 9.29. The van der Waals surface area contributed by atoms with Crippen LogP contribution in [-0.4, -0.2) is 25.1 Å². The summed E-state index contributed by atoms with van der Waals surface area (Å²) < 4.78 is 10.6. The molecule has 0 amide bonds. The van der Waals surface area contributed by atoms with Crippen molar-refractivity contribution in [1.82, 2.24) is 0 Å². The number of carbonyl (C=O) groups excluding carboxylic acids is 1. The Morgan fingerprint density at radius 1 is 0.525 bits per heavy atom. The summed E-state index contributed by atoms with van der Waals surface area (Å²) in [5, 5.41) is 0. The first kappa shape index (κ1) is 30.1. The number of aldehydes is 1. The van der Waals surface area contributed by atoms with Crippen molar-refractivity contribution in [1.29, 1.82) is 0 Å². The molecule has 4 aromatic carbocycles. The average Bonchev–Trinajstić information content (AvgIpc) is 2.94. The van der Waals surface area contributed by atoms with Crippen molar-refractivity contribution in [3.8, 4) is 5.75 Å². The van der Waals surface area contributed by atoms with Crippen molar-refractivity contribution in [2.24, 2.45) is 0 Å². The van der Waals surface area contributed by atoms with Gasteiger partial charge in [-0.25, -0.2) is 0 Å². The van der Waals surface area contributed by atoms with Crippen molar-refractivity contribution < 1.29 is 7.87 Å². The van der Waals surface area contributed by atoms with Crippen molar-refractivity contribution in [3.05, 3.63) is 138 Å². The topological polar surface area (TPSA) is 26.3 Å². The second kappa shape index (κ2) is 12.3. The maximum atomic E-state index is 11.4. The zero-order chi connectivity index (χ0) is 28.9. The molecule has 0 fully saturated rings. The second-order valence-corrected chi connectivity index (χ2v) is 23.6. The molecular formula is C37H44O2Sn.